The number of hydrogen-bond acceptors (Lipinski definition) is 6. The van der Waals surface area contributed by atoms with E-state index < -0.39 is 12.1 Å². The minimum Gasteiger partial charge on any atom is -0.457 e. The van der Waals surface area contributed by atoms with E-state index in [1.54, 1.807) is 31.2 Å². The molecule has 0 saturated heterocycles. The minimum absolute atomic E-state index is 0.0175. The highest BCUT2D eigenvalue weighted by atomic mass is 32.1. The third-order valence-corrected chi connectivity index (χ3v) is 4.47. The number of carbonyl (C=O) groups is 2. The fourth-order valence-corrected chi connectivity index (χ4v) is 3.15. The molecule has 0 aliphatic rings. The van der Waals surface area contributed by atoms with E-state index in [0.717, 1.165) is 5.01 Å². The van der Waals surface area contributed by atoms with Gasteiger partial charge in [-0.05, 0) is 36.8 Å². The van der Waals surface area contributed by atoms with Crippen molar-refractivity contribution < 1.29 is 14.3 Å². The van der Waals surface area contributed by atoms with Crippen LogP contribution in [0.15, 0.2) is 54.6 Å². The van der Waals surface area contributed by atoms with Crippen molar-refractivity contribution in [2.75, 3.05) is 5.32 Å². The van der Waals surface area contributed by atoms with Gasteiger partial charge in [0.15, 0.2) is 0 Å². The number of aromatic nitrogens is 2. The van der Waals surface area contributed by atoms with Crippen LogP contribution in [-0.2, 0) is 4.79 Å². The molecular formula is C19H19N5O3S. The van der Waals surface area contributed by atoms with Crippen LogP contribution in [0.2, 0.25) is 0 Å². The van der Waals surface area contributed by atoms with Crippen molar-refractivity contribution in [3.63, 3.8) is 0 Å². The lowest BCUT2D eigenvalue weighted by atomic mass is 10.0. The Morgan fingerprint density at radius 2 is 1.86 bits per heavy atom. The Balaban J connectivity index is 1.74. The van der Waals surface area contributed by atoms with Gasteiger partial charge in [-0.25, -0.2) is 4.79 Å². The molecule has 3 amide bonds. The molecule has 0 aliphatic heterocycles. The number of hydrogen-bond donors (Lipinski definition) is 3. The first-order chi connectivity index (χ1) is 13.5. The lowest BCUT2D eigenvalue weighted by Crippen LogP contribution is -2.35. The van der Waals surface area contributed by atoms with Gasteiger partial charge in [-0.1, -0.05) is 41.7 Å². The molecule has 144 valence electrons. The van der Waals surface area contributed by atoms with Gasteiger partial charge in [0.05, 0.1) is 12.5 Å². The topological polar surface area (TPSA) is 119 Å². The quantitative estimate of drug-likeness (QED) is 0.565. The molecule has 1 heterocycles. The van der Waals surface area contributed by atoms with Crippen LogP contribution in [0.1, 0.15) is 23.0 Å². The maximum atomic E-state index is 12.4. The number of nitrogens with one attached hydrogen (secondary N) is 2. The van der Waals surface area contributed by atoms with E-state index in [4.69, 9.17) is 10.5 Å². The van der Waals surface area contributed by atoms with Crippen molar-refractivity contribution in [2.24, 2.45) is 5.73 Å². The highest BCUT2D eigenvalue weighted by Crippen LogP contribution is 2.26. The summed E-state index contributed by atoms with van der Waals surface area (Å²) >= 11 is 1.27. The number of para-hydroxylation sites is 1. The summed E-state index contributed by atoms with van der Waals surface area (Å²) in [6, 6.07) is 15.1. The average molecular weight is 397 g/mol. The molecule has 1 aromatic heterocycles. The van der Waals surface area contributed by atoms with Crippen molar-refractivity contribution in [1.29, 1.82) is 0 Å². The maximum absolute atomic E-state index is 12.4. The molecule has 28 heavy (non-hydrogen) atoms. The van der Waals surface area contributed by atoms with Crippen molar-refractivity contribution >= 4 is 28.4 Å². The van der Waals surface area contributed by atoms with Gasteiger partial charge in [0, 0.05) is 0 Å². The van der Waals surface area contributed by atoms with Crippen LogP contribution in [0.5, 0.6) is 11.5 Å². The standard InChI is InChI=1S/C19H19N5O3S/c1-12-23-24-19(28-12)22-17(25)11-16(21-18(20)26)13-6-5-9-15(10-13)27-14-7-3-2-4-8-14/h2-10,16H,11H2,1H3,(H3,20,21,26)(H,22,24,25)/t16-/m1/s1. The summed E-state index contributed by atoms with van der Waals surface area (Å²) in [4.78, 5) is 23.8. The maximum Gasteiger partial charge on any atom is 0.312 e. The van der Waals surface area contributed by atoms with Gasteiger partial charge in [-0.2, -0.15) is 0 Å². The molecule has 0 bridgehead atoms. The molecule has 4 N–H and O–H groups in total. The van der Waals surface area contributed by atoms with E-state index in [1.807, 2.05) is 30.3 Å². The molecule has 0 unspecified atom stereocenters. The molecule has 0 radical (unpaired) electrons. The van der Waals surface area contributed by atoms with Crippen molar-refractivity contribution in [1.82, 2.24) is 15.5 Å². The summed E-state index contributed by atoms with van der Waals surface area (Å²) < 4.78 is 5.82. The number of carbonyl (C=O) groups excluding carboxylic acids is 2. The zero-order chi connectivity index (χ0) is 19.9. The van der Waals surface area contributed by atoms with E-state index in [1.165, 1.54) is 11.3 Å². The number of aryl methyl sites for hydroxylation is 1. The van der Waals surface area contributed by atoms with E-state index in [-0.39, 0.29) is 12.3 Å². The number of rotatable bonds is 7. The number of urea groups is 1. The van der Waals surface area contributed by atoms with Crippen molar-refractivity contribution in [3.05, 3.63) is 65.2 Å². The zero-order valence-corrected chi connectivity index (χ0v) is 15.9. The largest absolute Gasteiger partial charge is 0.457 e. The smallest absolute Gasteiger partial charge is 0.312 e. The lowest BCUT2D eigenvalue weighted by Gasteiger charge is -2.18. The summed E-state index contributed by atoms with van der Waals surface area (Å²) in [5.41, 5.74) is 5.98. The normalized spacial score (nSPS) is 11.5. The van der Waals surface area contributed by atoms with Gasteiger partial charge in [-0.3, -0.25) is 4.79 Å². The van der Waals surface area contributed by atoms with Gasteiger partial charge in [0.1, 0.15) is 16.5 Å². The second kappa shape index (κ2) is 8.96. The van der Waals surface area contributed by atoms with Crippen LogP contribution >= 0.6 is 11.3 Å². The number of nitrogens with two attached hydrogens (primary N) is 1. The van der Waals surface area contributed by atoms with Crippen LogP contribution in [0.25, 0.3) is 0 Å². The number of amides is 3. The first-order valence-corrected chi connectivity index (χ1v) is 9.30. The molecule has 0 aliphatic carbocycles. The monoisotopic (exact) mass is 397 g/mol. The number of anilines is 1. The number of benzene rings is 2. The predicted molar refractivity (Wildman–Crippen MR) is 106 cm³/mol. The Morgan fingerprint density at radius 1 is 1.11 bits per heavy atom. The SMILES string of the molecule is Cc1nnc(NC(=O)C[C@@H](NC(N)=O)c2cccc(Oc3ccccc3)c2)s1. The molecular weight excluding hydrogens is 378 g/mol. The first-order valence-electron chi connectivity index (χ1n) is 8.48. The van der Waals surface area contributed by atoms with Crippen molar-refractivity contribution in [3.8, 4) is 11.5 Å². The first kappa shape index (κ1) is 19.3. The summed E-state index contributed by atoms with van der Waals surface area (Å²) in [7, 11) is 0. The second-order valence-electron chi connectivity index (χ2n) is 5.93. The fourth-order valence-electron chi connectivity index (χ4n) is 2.55. The van der Waals surface area contributed by atoms with Crippen LogP contribution in [0, 0.1) is 6.92 Å². The third kappa shape index (κ3) is 5.52. The summed E-state index contributed by atoms with van der Waals surface area (Å²) in [5, 5.41) is 14.1. The van der Waals surface area contributed by atoms with E-state index >= 15 is 0 Å². The fraction of sp³-hybridized carbons (Fsp3) is 0.158. The molecule has 2 aromatic carbocycles. The van der Waals surface area contributed by atoms with Crippen LogP contribution < -0.4 is 21.1 Å². The molecule has 3 aromatic rings. The molecule has 0 spiro atoms. The Hall–Kier alpha value is -3.46. The van der Waals surface area contributed by atoms with Crippen LogP contribution in [-0.4, -0.2) is 22.1 Å². The summed E-state index contributed by atoms with van der Waals surface area (Å²) in [5.74, 6) is 0.952. The number of nitrogens with zero attached hydrogens (tertiary/aromatic N) is 2. The number of ether oxygens (including phenoxy) is 1. The zero-order valence-electron chi connectivity index (χ0n) is 15.1. The van der Waals surface area contributed by atoms with Gasteiger partial charge < -0.3 is 21.1 Å². The average Bonchev–Trinajstić information content (AvgIpc) is 3.06. The highest BCUT2D eigenvalue weighted by molar-refractivity contribution is 7.15. The van der Waals surface area contributed by atoms with Gasteiger partial charge in [-0.15, -0.1) is 10.2 Å². The Morgan fingerprint density at radius 3 is 2.54 bits per heavy atom. The van der Waals surface area contributed by atoms with E-state index in [9.17, 15) is 9.59 Å². The Labute approximate surface area is 165 Å². The molecule has 0 saturated carbocycles. The van der Waals surface area contributed by atoms with E-state index in [2.05, 4.69) is 20.8 Å². The molecule has 8 nitrogen and oxygen atoms in total. The molecule has 0 fully saturated rings. The van der Waals surface area contributed by atoms with Gasteiger partial charge >= 0.3 is 6.03 Å². The van der Waals surface area contributed by atoms with Crippen LogP contribution in [0.3, 0.4) is 0 Å². The third-order valence-electron chi connectivity index (χ3n) is 3.72. The van der Waals surface area contributed by atoms with Gasteiger partial charge in [0.2, 0.25) is 11.0 Å². The minimum atomic E-state index is -0.723. The van der Waals surface area contributed by atoms with Crippen molar-refractivity contribution in [2.45, 2.75) is 19.4 Å². The number of primary amides is 1. The Bertz CT molecular complexity index is 961. The predicted octanol–water partition coefficient (Wildman–Crippen LogP) is 3.38. The molecule has 3 rings (SSSR count). The highest BCUT2D eigenvalue weighted by Gasteiger charge is 2.19. The lowest BCUT2D eigenvalue weighted by molar-refractivity contribution is -0.116. The molecule has 1 atom stereocenters. The molecule has 9 heteroatoms. The second-order valence-corrected chi connectivity index (χ2v) is 7.11. The van der Waals surface area contributed by atoms with Gasteiger partial charge in [0.25, 0.3) is 0 Å². The summed E-state index contributed by atoms with van der Waals surface area (Å²) in [6.45, 7) is 1.79. The van der Waals surface area contributed by atoms with E-state index in [0.29, 0.717) is 22.2 Å². The van der Waals surface area contributed by atoms with Crippen LogP contribution in [0.4, 0.5) is 9.93 Å². The summed E-state index contributed by atoms with van der Waals surface area (Å²) in [6.07, 6.45) is -0.0175. The Kier molecular flexibility index (Phi) is 6.18.